The molecule has 0 saturated carbocycles. The first-order chi connectivity index (χ1) is 17.9. The van der Waals surface area contributed by atoms with Crippen molar-refractivity contribution in [3.63, 3.8) is 0 Å². The Labute approximate surface area is 217 Å². The molecule has 7 heteroatoms. The van der Waals surface area contributed by atoms with E-state index >= 15 is 0 Å². The molecule has 0 aromatic heterocycles. The maximum atomic E-state index is 12.3. The molecule has 0 saturated heterocycles. The third-order valence-electron chi connectivity index (χ3n) is 6.50. The molecule has 7 nitrogen and oxygen atoms in total. The van der Waals surface area contributed by atoms with Crippen molar-refractivity contribution in [3.8, 4) is 17.2 Å². The number of rotatable bonds is 10. The van der Waals surface area contributed by atoms with Crippen molar-refractivity contribution in [1.82, 2.24) is 5.32 Å². The number of carboxylic acid groups (broad SMARTS) is 1. The van der Waals surface area contributed by atoms with Gasteiger partial charge < -0.3 is 24.6 Å². The minimum Gasteiger partial charge on any atom is -0.486 e. The summed E-state index contributed by atoms with van der Waals surface area (Å²) in [7, 11) is 0. The zero-order valence-corrected chi connectivity index (χ0v) is 21.5. The number of ether oxygens (including phenoxy) is 3. The number of allylic oxidation sites excluding steroid dienone is 1. The molecule has 2 unspecified atom stereocenters. The third kappa shape index (κ3) is 6.42. The predicted octanol–water partition coefficient (Wildman–Crippen LogP) is 5.38. The highest BCUT2D eigenvalue weighted by atomic mass is 16.6. The molecule has 1 aliphatic heterocycles. The fraction of sp³-hybridized carbons (Fsp3) is 0.333. The Bertz CT molecular complexity index is 1310. The Balaban J connectivity index is 1.59. The molecule has 0 fully saturated rings. The van der Waals surface area contributed by atoms with Gasteiger partial charge >= 0.3 is 5.97 Å². The summed E-state index contributed by atoms with van der Waals surface area (Å²) < 4.78 is 17.2. The number of fused-ring (bicyclic) bond motifs is 2. The molecule has 1 aliphatic rings. The number of carbonyl (C=O) groups excluding carboxylic acids is 1. The molecule has 4 rings (SSSR count). The molecular formula is C30H33NO6. The van der Waals surface area contributed by atoms with Crippen LogP contribution in [0.15, 0.2) is 60.7 Å². The molecule has 3 aromatic carbocycles. The third-order valence-corrected chi connectivity index (χ3v) is 6.50. The van der Waals surface area contributed by atoms with Gasteiger partial charge in [-0.25, -0.2) is 0 Å². The van der Waals surface area contributed by atoms with Crippen molar-refractivity contribution in [2.75, 3.05) is 19.8 Å². The highest BCUT2D eigenvalue weighted by molar-refractivity contribution is 5.85. The van der Waals surface area contributed by atoms with E-state index in [1.807, 2.05) is 81.5 Å². The standard InChI is InChI=1S/C30H33NO6/c1-4-6-23(5-2)31-29(32)18-37-24-10-9-20-7-8-21(14-22(20)15-24)26(17-30(33)34)25-16-28-27(13-19(25)3)35-11-12-36-28/h4,6-10,13-16,23,26H,5,11-12,17-18H2,1-3H3,(H,31,32)(H,33,34)/b6-4-. The van der Waals surface area contributed by atoms with E-state index in [0.29, 0.717) is 30.5 Å². The van der Waals surface area contributed by atoms with Crippen molar-refractivity contribution in [1.29, 1.82) is 0 Å². The first kappa shape index (κ1) is 26.1. The van der Waals surface area contributed by atoms with Gasteiger partial charge in [0.1, 0.15) is 19.0 Å². The van der Waals surface area contributed by atoms with E-state index in [1.165, 1.54) is 0 Å². The predicted molar refractivity (Wildman–Crippen MR) is 143 cm³/mol. The summed E-state index contributed by atoms with van der Waals surface area (Å²) in [5.74, 6) is 0.452. The zero-order valence-electron chi connectivity index (χ0n) is 21.5. The lowest BCUT2D eigenvalue weighted by Crippen LogP contribution is -2.36. The van der Waals surface area contributed by atoms with E-state index in [0.717, 1.165) is 33.9 Å². The Morgan fingerprint density at radius 2 is 1.78 bits per heavy atom. The second-order valence-electron chi connectivity index (χ2n) is 9.17. The molecule has 0 radical (unpaired) electrons. The second kappa shape index (κ2) is 11.8. The molecule has 37 heavy (non-hydrogen) atoms. The van der Waals surface area contributed by atoms with Gasteiger partial charge in [0, 0.05) is 12.0 Å². The number of carboxylic acids is 1. The fourth-order valence-electron chi connectivity index (χ4n) is 4.63. The Hall–Kier alpha value is -4.00. The van der Waals surface area contributed by atoms with Gasteiger partial charge in [-0.1, -0.05) is 43.3 Å². The molecule has 1 heterocycles. The van der Waals surface area contributed by atoms with Crippen molar-refractivity contribution in [2.45, 2.75) is 45.6 Å². The van der Waals surface area contributed by atoms with Crippen LogP contribution in [0, 0.1) is 6.92 Å². The first-order valence-corrected chi connectivity index (χ1v) is 12.6. The van der Waals surface area contributed by atoms with Crippen LogP contribution < -0.4 is 19.5 Å². The van der Waals surface area contributed by atoms with E-state index in [-0.39, 0.29) is 30.9 Å². The average molecular weight is 504 g/mol. The van der Waals surface area contributed by atoms with Gasteiger partial charge in [0.15, 0.2) is 18.1 Å². The molecular weight excluding hydrogens is 470 g/mol. The van der Waals surface area contributed by atoms with Gasteiger partial charge in [0.05, 0.1) is 6.42 Å². The van der Waals surface area contributed by atoms with Gasteiger partial charge in [-0.3, -0.25) is 9.59 Å². The lowest BCUT2D eigenvalue weighted by molar-refractivity contribution is -0.137. The SMILES string of the molecule is C/C=C\C(CC)NC(=O)COc1ccc2ccc(C(CC(=O)O)c3cc4c(cc3C)OCCO4)cc2c1. The zero-order chi connectivity index (χ0) is 26.4. The number of nitrogens with one attached hydrogen (secondary N) is 1. The fourth-order valence-corrected chi connectivity index (χ4v) is 4.63. The highest BCUT2D eigenvalue weighted by Gasteiger charge is 2.24. The van der Waals surface area contributed by atoms with E-state index < -0.39 is 5.97 Å². The van der Waals surface area contributed by atoms with E-state index in [2.05, 4.69) is 5.32 Å². The summed E-state index contributed by atoms with van der Waals surface area (Å²) in [6, 6.07) is 15.4. The number of hydrogen-bond acceptors (Lipinski definition) is 5. The quantitative estimate of drug-likeness (QED) is 0.361. The smallest absolute Gasteiger partial charge is 0.304 e. The number of carbonyl (C=O) groups is 2. The van der Waals surface area contributed by atoms with Crippen LogP contribution in [0.4, 0.5) is 0 Å². The molecule has 2 N–H and O–H groups in total. The summed E-state index contributed by atoms with van der Waals surface area (Å²) in [5, 5.41) is 14.5. The number of amides is 1. The summed E-state index contributed by atoms with van der Waals surface area (Å²) >= 11 is 0. The molecule has 2 atom stereocenters. The Kier molecular flexibility index (Phi) is 8.33. The monoisotopic (exact) mass is 503 g/mol. The Morgan fingerprint density at radius 1 is 1.05 bits per heavy atom. The lowest BCUT2D eigenvalue weighted by atomic mass is 9.85. The summed E-state index contributed by atoms with van der Waals surface area (Å²) in [6.45, 7) is 6.76. The topological polar surface area (TPSA) is 94.1 Å². The van der Waals surface area contributed by atoms with Crippen molar-refractivity contribution in [2.24, 2.45) is 0 Å². The molecule has 0 bridgehead atoms. The van der Waals surface area contributed by atoms with Crippen LogP contribution in [0.25, 0.3) is 10.8 Å². The summed E-state index contributed by atoms with van der Waals surface area (Å²) in [4.78, 5) is 24.2. The van der Waals surface area contributed by atoms with Gasteiger partial charge in [-0.05, 0) is 72.0 Å². The number of aliphatic carboxylic acids is 1. The van der Waals surface area contributed by atoms with Crippen LogP contribution in [-0.2, 0) is 9.59 Å². The summed E-state index contributed by atoms with van der Waals surface area (Å²) in [5.41, 5.74) is 2.71. The van der Waals surface area contributed by atoms with Crippen molar-refractivity contribution >= 4 is 22.6 Å². The second-order valence-corrected chi connectivity index (χ2v) is 9.17. The average Bonchev–Trinajstić information content (AvgIpc) is 2.89. The maximum absolute atomic E-state index is 12.3. The van der Waals surface area contributed by atoms with Crippen LogP contribution in [-0.4, -0.2) is 42.8 Å². The van der Waals surface area contributed by atoms with E-state index in [9.17, 15) is 14.7 Å². The largest absolute Gasteiger partial charge is 0.486 e. The summed E-state index contributed by atoms with van der Waals surface area (Å²) in [6.07, 6.45) is 4.61. The first-order valence-electron chi connectivity index (χ1n) is 12.6. The van der Waals surface area contributed by atoms with Crippen LogP contribution >= 0.6 is 0 Å². The van der Waals surface area contributed by atoms with Gasteiger partial charge in [0.25, 0.3) is 5.91 Å². The van der Waals surface area contributed by atoms with Crippen LogP contribution in [0.2, 0.25) is 0 Å². The van der Waals surface area contributed by atoms with Crippen LogP contribution in [0.3, 0.4) is 0 Å². The molecule has 0 aliphatic carbocycles. The minimum atomic E-state index is -0.884. The lowest BCUT2D eigenvalue weighted by Gasteiger charge is -2.24. The van der Waals surface area contributed by atoms with Gasteiger partial charge in [-0.2, -0.15) is 0 Å². The van der Waals surface area contributed by atoms with Crippen LogP contribution in [0.1, 0.15) is 49.3 Å². The molecule has 3 aromatic rings. The number of aryl methyl sites for hydroxylation is 1. The van der Waals surface area contributed by atoms with Crippen LogP contribution in [0.5, 0.6) is 17.2 Å². The maximum Gasteiger partial charge on any atom is 0.304 e. The molecule has 1 amide bonds. The van der Waals surface area contributed by atoms with Gasteiger partial charge in [0.2, 0.25) is 0 Å². The number of hydrogen-bond donors (Lipinski definition) is 2. The number of benzene rings is 3. The highest BCUT2D eigenvalue weighted by Crippen LogP contribution is 2.39. The van der Waals surface area contributed by atoms with Crippen molar-refractivity contribution in [3.05, 3.63) is 77.4 Å². The van der Waals surface area contributed by atoms with Gasteiger partial charge in [-0.15, -0.1) is 0 Å². The Morgan fingerprint density at radius 3 is 2.49 bits per heavy atom. The van der Waals surface area contributed by atoms with E-state index in [1.54, 1.807) is 0 Å². The molecule has 0 spiro atoms. The minimum absolute atomic E-state index is 0.0181. The normalized spacial score (nSPS) is 14.4. The molecule has 194 valence electrons. The van der Waals surface area contributed by atoms with Crippen molar-refractivity contribution < 1.29 is 28.9 Å². The van der Waals surface area contributed by atoms with E-state index in [4.69, 9.17) is 14.2 Å².